The summed E-state index contributed by atoms with van der Waals surface area (Å²) in [6, 6.07) is 6.61. The summed E-state index contributed by atoms with van der Waals surface area (Å²) in [5.74, 6) is -0.219. The maximum absolute atomic E-state index is 11.5. The van der Waals surface area contributed by atoms with Gasteiger partial charge in [0.25, 0.3) is 0 Å². The molecular weight excluding hydrogens is 312 g/mol. The molecular formula is C17H26N2O5. The van der Waals surface area contributed by atoms with E-state index in [-0.39, 0.29) is 18.9 Å². The first kappa shape index (κ1) is 19.9. The van der Waals surface area contributed by atoms with Crippen LogP contribution in [0.25, 0.3) is 0 Å². The summed E-state index contributed by atoms with van der Waals surface area (Å²) in [4.78, 5) is 22.6. The Morgan fingerprint density at radius 3 is 2.50 bits per heavy atom. The number of hydrogen-bond acceptors (Lipinski definition) is 5. The number of carbonyl (C=O) groups is 2. The first-order valence-corrected chi connectivity index (χ1v) is 7.79. The van der Waals surface area contributed by atoms with Gasteiger partial charge in [0.1, 0.15) is 11.7 Å². The van der Waals surface area contributed by atoms with Crippen LogP contribution in [-0.2, 0) is 9.53 Å². The lowest BCUT2D eigenvalue weighted by Gasteiger charge is -2.21. The van der Waals surface area contributed by atoms with Crippen molar-refractivity contribution >= 4 is 17.7 Å². The summed E-state index contributed by atoms with van der Waals surface area (Å²) in [5, 5.41) is 25.4. The third-order valence-electron chi connectivity index (χ3n) is 3.02. The van der Waals surface area contributed by atoms with E-state index in [0.29, 0.717) is 11.3 Å². The number of ether oxygens (including phenoxy) is 1. The quantitative estimate of drug-likeness (QED) is 0.634. The van der Waals surface area contributed by atoms with E-state index in [0.717, 1.165) is 0 Å². The van der Waals surface area contributed by atoms with Gasteiger partial charge in [0.2, 0.25) is 5.91 Å². The number of benzene rings is 1. The Bertz CT molecular complexity index is 568. The second kappa shape index (κ2) is 8.65. The molecule has 0 aliphatic heterocycles. The normalized spacial score (nSPS) is 13.8. The lowest BCUT2D eigenvalue weighted by Crippen LogP contribution is -2.34. The van der Waals surface area contributed by atoms with Gasteiger partial charge in [-0.1, -0.05) is 12.1 Å². The topological polar surface area (TPSA) is 108 Å². The zero-order chi connectivity index (χ0) is 18.3. The van der Waals surface area contributed by atoms with E-state index in [1.165, 1.54) is 6.92 Å². The summed E-state index contributed by atoms with van der Waals surface area (Å²) >= 11 is 0. The number of rotatable bonds is 6. The number of carbonyl (C=O) groups excluding carboxylic acids is 2. The number of aliphatic hydroxyl groups is 2. The van der Waals surface area contributed by atoms with Gasteiger partial charge in [0, 0.05) is 19.2 Å². The summed E-state index contributed by atoms with van der Waals surface area (Å²) < 4.78 is 5.08. The average molecular weight is 338 g/mol. The molecule has 1 aromatic rings. The molecule has 24 heavy (non-hydrogen) atoms. The van der Waals surface area contributed by atoms with Gasteiger partial charge in [0.15, 0.2) is 0 Å². The first-order valence-electron chi connectivity index (χ1n) is 7.79. The second-order valence-electron chi connectivity index (χ2n) is 6.54. The third-order valence-corrected chi connectivity index (χ3v) is 3.02. The SMILES string of the molecule is CC(=O)Nc1cccc(C(O)C(O)CCNC(=O)OC(C)(C)C)c1. The second-order valence-corrected chi connectivity index (χ2v) is 6.54. The Labute approximate surface area is 142 Å². The molecule has 0 saturated heterocycles. The molecule has 0 aliphatic rings. The van der Waals surface area contributed by atoms with Gasteiger partial charge in [0.05, 0.1) is 6.10 Å². The highest BCUT2D eigenvalue weighted by Gasteiger charge is 2.20. The molecule has 0 radical (unpaired) electrons. The summed E-state index contributed by atoms with van der Waals surface area (Å²) in [6.45, 7) is 6.83. The van der Waals surface area contributed by atoms with Crippen molar-refractivity contribution in [3.8, 4) is 0 Å². The number of nitrogens with one attached hydrogen (secondary N) is 2. The van der Waals surface area contributed by atoms with Crippen molar-refractivity contribution < 1.29 is 24.5 Å². The summed E-state index contributed by atoms with van der Waals surface area (Å²) in [7, 11) is 0. The van der Waals surface area contributed by atoms with Crippen molar-refractivity contribution in [2.24, 2.45) is 0 Å². The number of amides is 2. The maximum Gasteiger partial charge on any atom is 0.407 e. The fourth-order valence-electron chi connectivity index (χ4n) is 2.02. The van der Waals surface area contributed by atoms with E-state index < -0.39 is 23.9 Å². The van der Waals surface area contributed by atoms with Crippen LogP contribution in [0.5, 0.6) is 0 Å². The van der Waals surface area contributed by atoms with Crippen LogP contribution in [0.4, 0.5) is 10.5 Å². The molecule has 2 atom stereocenters. The van der Waals surface area contributed by atoms with Crippen LogP contribution in [0.3, 0.4) is 0 Å². The Morgan fingerprint density at radius 1 is 1.25 bits per heavy atom. The van der Waals surface area contributed by atoms with Crippen molar-refractivity contribution in [1.29, 1.82) is 0 Å². The Hall–Kier alpha value is -2.12. The van der Waals surface area contributed by atoms with Crippen LogP contribution in [-0.4, -0.2) is 40.5 Å². The average Bonchev–Trinajstić information content (AvgIpc) is 2.44. The number of aliphatic hydroxyl groups excluding tert-OH is 2. The zero-order valence-electron chi connectivity index (χ0n) is 14.5. The van der Waals surface area contributed by atoms with Gasteiger partial charge >= 0.3 is 6.09 Å². The Morgan fingerprint density at radius 2 is 1.92 bits per heavy atom. The van der Waals surface area contributed by atoms with Gasteiger partial charge < -0.3 is 25.6 Å². The minimum Gasteiger partial charge on any atom is -0.444 e. The first-order chi connectivity index (χ1) is 11.1. The van der Waals surface area contributed by atoms with Gasteiger partial charge in [-0.3, -0.25) is 4.79 Å². The van der Waals surface area contributed by atoms with Crippen LogP contribution >= 0.6 is 0 Å². The molecule has 0 fully saturated rings. The summed E-state index contributed by atoms with van der Waals surface area (Å²) in [6.07, 6.45) is -2.60. The molecule has 2 unspecified atom stereocenters. The number of anilines is 1. The van der Waals surface area contributed by atoms with E-state index in [1.807, 2.05) is 0 Å². The van der Waals surface area contributed by atoms with Crippen LogP contribution in [0.15, 0.2) is 24.3 Å². The number of alkyl carbamates (subject to hydrolysis) is 1. The van der Waals surface area contributed by atoms with Crippen molar-refractivity contribution in [3.05, 3.63) is 29.8 Å². The minimum absolute atomic E-state index is 0.158. The third kappa shape index (κ3) is 7.43. The molecule has 2 amide bonds. The molecule has 1 rings (SSSR count). The molecule has 1 aromatic carbocycles. The molecule has 0 bridgehead atoms. The van der Waals surface area contributed by atoms with Crippen LogP contribution in [0.1, 0.15) is 45.8 Å². The van der Waals surface area contributed by atoms with E-state index >= 15 is 0 Å². The van der Waals surface area contributed by atoms with Crippen LogP contribution < -0.4 is 10.6 Å². The molecule has 4 N–H and O–H groups in total. The van der Waals surface area contributed by atoms with Crippen LogP contribution in [0, 0.1) is 0 Å². The van der Waals surface area contributed by atoms with Gasteiger partial charge in [-0.05, 0) is 44.9 Å². The summed E-state index contributed by atoms with van der Waals surface area (Å²) in [5.41, 5.74) is 0.427. The van der Waals surface area contributed by atoms with Crippen molar-refractivity contribution in [3.63, 3.8) is 0 Å². The number of hydrogen-bond donors (Lipinski definition) is 4. The van der Waals surface area contributed by atoms with Gasteiger partial charge in [-0.25, -0.2) is 4.79 Å². The standard InChI is InChI=1S/C17H26N2O5/c1-11(20)19-13-7-5-6-12(10-13)15(22)14(21)8-9-18-16(23)24-17(2,3)4/h5-7,10,14-15,21-22H,8-9H2,1-4H3,(H,18,23)(H,19,20). The molecule has 0 heterocycles. The molecule has 0 aliphatic carbocycles. The van der Waals surface area contributed by atoms with E-state index in [2.05, 4.69) is 10.6 Å². The van der Waals surface area contributed by atoms with Crippen LogP contribution in [0.2, 0.25) is 0 Å². The minimum atomic E-state index is -1.13. The largest absolute Gasteiger partial charge is 0.444 e. The highest BCUT2D eigenvalue weighted by atomic mass is 16.6. The van der Waals surface area contributed by atoms with Crippen molar-refractivity contribution in [2.45, 2.75) is 51.9 Å². The van der Waals surface area contributed by atoms with Gasteiger partial charge in [-0.2, -0.15) is 0 Å². The Kier molecular flexibility index (Phi) is 7.18. The lowest BCUT2D eigenvalue weighted by molar-refractivity contribution is -0.114. The van der Waals surface area contributed by atoms with E-state index in [9.17, 15) is 19.8 Å². The monoisotopic (exact) mass is 338 g/mol. The molecule has 134 valence electrons. The highest BCUT2D eigenvalue weighted by molar-refractivity contribution is 5.88. The molecule has 0 aromatic heterocycles. The lowest BCUT2D eigenvalue weighted by atomic mass is 10.0. The predicted molar refractivity (Wildman–Crippen MR) is 90.6 cm³/mol. The molecule has 7 nitrogen and oxygen atoms in total. The highest BCUT2D eigenvalue weighted by Crippen LogP contribution is 2.22. The Balaban J connectivity index is 2.51. The predicted octanol–water partition coefficient (Wildman–Crippen LogP) is 1.95. The fraction of sp³-hybridized carbons (Fsp3) is 0.529. The fourth-order valence-corrected chi connectivity index (χ4v) is 2.02. The molecule has 0 spiro atoms. The van der Waals surface area contributed by atoms with Crippen molar-refractivity contribution in [2.75, 3.05) is 11.9 Å². The maximum atomic E-state index is 11.5. The van der Waals surface area contributed by atoms with Crippen molar-refractivity contribution in [1.82, 2.24) is 5.32 Å². The molecule has 0 saturated carbocycles. The van der Waals surface area contributed by atoms with E-state index in [1.54, 1.807) is 45.0 Å². The molecule has 7 heteroatoms. The zero-order valence-corrected chi connectivity index (χ0v) is 14.5. The van der Waals surface area contributed by atoms with E-state index in [4.69, 9.17) is 4.74 Å². The van der Waals surface area contributed by atoms with Gasteiger partial charge in [-0.15, -0.1) is 0 Å². The smallest absolute Gasteiger partial charge is 0.407 e.